The van der Waals surface area contributed by atoms with Crippen LogP contribution in [0.3, 0.4) is 0 Å². The molecule has 1 fully saturated rings. The molecule has 1 saturated heterocycles. The fraction of sp³-hybridized carbons (Fsp3) is 0.200. The SMILES string of the molecule is C=C1NC(=S)N[C@H](c2ccccc2OC(F)F)[C@H]1C(=O)Nc1ccccc1C(F)(F)F. The Hall–Kier alpha value is -3.21. The van der Waals surface area contributed by atoms with E-state index in [4.69, 9.17) is 12.2 Å². The zero-order chi connectivity index (χ0) is 22.8. The molecule has 1 aliphatic rings. The zero-order valence-corrected chi connectivity index (χ0v) is 16.5. The van der Waals surface area contributed by atoms with Gasteiger partial charge in [0.25, 0.3) is 0 Å². The number of ether oxygens (including phenoxy) is 1. The molecule has 164 valence electrons. The van der Waals surface area contributed by atoms with E-state index in [-0.39, 0.29) is 22.1 Å². The predicted octanol–water partition coefficient (Wildman–Crippen LogP) is 4.59. The molecule has 0 unspecified atom stereocenters. The minimum atomic E-state index is -4.69. The van der Waals surface area contributed by atoms with Crippen molar-refractivity contribution < 1.29 is 31.5 Å². The van der Waals surface area contributed by atoms with E-state index < -0.39 is 41.9 Å². The van der Waals surface area contributed by atoms with Crippen molar-refractivity contribution in [2.24, 2.45) is 5.92 Å². The molecular weight excluding hydrogens is 441 g/mol. The molecule has 3 rings (SSSR count). The van der Waals surface area contributed by atoms with E-state index in [9.17, 15) is 26.7 Å². The third kappa shape index (κ3) is 5.10. The molecule has 3 N–H and O–H groups in total. The molecule has 31 heavy (non-hydrogen) atoms. The Morgan fingerprint density at radius 2 is 1.77 bits per heavy atom. The molecule has 1 amide bonds. The van der Waals surface area contributed by atoms with E-state index in [1.807, 2.05) is 0 Å². The first-order chi connectivity index (χ1) is 14.6. The van der Waals surface area contributed by atoms with Crippen molar-refractivity contribution in [2.75, 3.05) is 5.32 Å². The quantitative estimate of drug-likeness (QED) is 0.453. The minimum Gasteiger partial charge on any atom is -0.434 e. The van der Waals surface area contributed by atoms with Crippen LogP contribution < -0.4 is 20.7 Å². The molecule has 0 radical (unpaired) electrons. The van der Waals surface area contributed by atoms with Crippen LogP contribution in [0.2, 0.25) is 0 Å². The highest BCUT2D eigenvalue weighted by Crippen LogP contribution is 2.38. The summed E-state index contributed by atoms with van der Waals surface area (Å²) in [6, 6.07) is 9.19. The van der Waals surface area contributed by atoms with Gasteiger partial charge >= 0.3 is 12.8 Å². The smallest absolute Gasteiger partial charge is 0.418 e. The molecule has 0 aliphatic carbocycles. The first-order valence-electron chi connectivity index (χ1n) is 8.85. The van der Waals surface area contributed by atoms with Crippen LogP contribution in [0.1, 0.15) is 17.2 Å². The van der Waals surface area contributed by atoms with Crippen molar-refractivity contribution >= 4 is 28.9 Å². The number of benzene rings is 2. The fourth-order valence-corrected chi connectivity index (χ4v) is 3.50. The van der Waals surface area contributed by atoms with Gasteiger partial charge < -0.3 is 20.7 Å². The average molecular weight is 457 g/mol. The summed E-state index contributed by atoms with van der Waals surface area (Å²) >= 11 is 5.08. The molecule has 11 heteroatoms. The van der Waals surface area contributed by atoms with Gasteiger partial charge in [0.15, 0.2) is 5.11 Å². The van der Waals surface area contributed by atoms with Crippen LogP contribution in [-0.4, -0.2) is 17.6 Å². The second kappa shape index (κ2) is 8.88. The maximum Gasteiger partial charge on any atom is 0.418 e. The third-order valence-electron chi connectivity index (χ3n) is 4.51. The van der Waals surface area contributed by atoms with Gasteiger partial charge in [0.1, 0.15) is 11.7 Å². The second-order valence-electron chi connectivity index (χ2n) is 6.53. The number of para-hydroxylation sites is 2. The highest BCUT2D eigenvalue weighted by atomic mass is 32.1. The van der Waals surface area contributed by atoms with Crippen molar-refractivity contribution in [3.63, 3.8) is 0 Å². The molecule has 2 aromatic rings. The summed E-state index contributed by atoms with van der Waals surface area (Å²) in [4.78, 5) is 13.0. The lowest BCUT2D eigenvalue weighted by atomic mass is 9.87. The Morgan fingerprint density at radius 1 is 1.13 bits per heavy atom. The molecule has 5 nitrogen and oxygen atoms in total. The van der Waals surface area contributed by atoms with Crippen LogP contribution in [0.25, 0.3) is 0 Å². The predicted molar refractivity (Wildman–Crippen MR) is 107 cm³/mol. The third-order valence-corrected chi connectivity index (χ3v) is 4.73. The van der Waals surface area contributed by atoms with Crippen molar-refractivity contribution in [1.29, 1.82) is 0 Å². The van der Waals surface area contributed by atoms with E-state index in [1.54, 1.807) is 0 Å². The Balaban J connectivity index is 1.98. The number of rotatable bonds is 5. The van der Waals surface area contributed by atoms with Gasteiger partial charge in [-0.15, -0.1) is 0 Å². The number of hydrogen-bond donors (Lipinski definition) is 3. The number of thiocarbonyl (C=S) groups is 1. The van der Waals surface area contributed by atoms with Crippen molar-refractivity contribution in [1.82, 2.24) is 10.6 Å². The van der Waals surface area contributed by atoms with Gasteiger partial charge in [-0.05, 0) is 30.4 Å². The van der Waals surface area contributed by atoms with Crippen LogP contribution >= 0.6 is 12.2 Å². The van der Waals surface area contributed by atoms with E-state index in [0.29, 0.717) is 0 Å². The van der Waals surface area contributed by atoms with Gasteiger partial charge in [0.2, 0.25) is 5.91 Å². The summed E-state index contributed by atoms with van der Waals surface area (Å²) in [5.41, 5.74) is -1.23. The van der Waals surface area contributed by atoms with E-state index >= 15 is 0 Å². The number of carbonyl (C=O) groups excluding carboxylic acids is 1. The van der Waals surface area contributed by atoms with Gasteiger partial charge in [0, 0.05) is 11.3 Å². The first-order valence-corrected chi connectivity index (χ1v) is 9.26. The van der Waals surface area contributed by atoms with Crippen molar-refractivity contribution in [2.45, 2.75) is 18.8 Å². The molecule has 1 heterocycles. The average Bonchev–Trinajstić information content (AvgIpc) is 2.66. The maximum absolute atomic E-state index is 13.3. The normalized spacial score (nSPS) is 18.9. The maximum atomic E-state index is 13.3. The molecule has 0 saturated carbocycles. The summed E-state index contributed by atoms with van der Waals surface area (Å²) < 4.78 is 70.1. The van der Waals surface area contributed by atoms with E-state index in [2.05, 4.69) is 27.3 Å². The van der Waals surface area contributed by atoms with Gasteiger partial charge in [-0.3, -0.25) is 4.79 Å². The lowest BCUT2D eigenvalue weighted by molar-refractivity contribution is -0.137. The standard InChI is InChI=1S/C20H16F5N3O2S/c1-10-15(17(29)27-13-8-4-3-7-12(13)20(23,24)25)16(28-19(31)26-10)11-6-2-5-9-14(11)30-18(21)22/h2-9,15-16,18H,1H2,(H,27,29)(H2,26,28,31)/t15-,16+/m0/s1. The lowest BCUT2D eigenvalue weighted by Gasteiger charge is -2.36. The number of anilines is 1. The summed E-state index contributed by atoms with van der Waals surface area (Å²) in [7, 11) is 0. The molecule has 0 aromatic heterocycles. The monoisotopic (exact) mass is 457 g/mol. The zero-order valence-electron chi connectivity index (χ0n) is 15.7. The molecule has 1 aliphatic heterocycles. The van der Waals surface area contributed by atoms with Crippen molar-refractivity contribution in [3.8, 4) is 5.75 Å². The number of nitrogens with one attached hydrogen (secondary N) is 3. The Labute approximate surface area is 179 Å². The van der Waals surface area contributed by atoms with Crippen LogP contribution in [-0.2, 0) is 11.0 Å². The Morgan fingerprint density at radius 3 is 2.45 bits per heavy atom. The van der Waals surface area contributed by atoms with E-state index in [1.165, 1.54) is 36.4 Å². The van der Waals surface area contributed by atoms with Gasteiger partial charge in [-0.25, -0.2) is 0 Å². The van der Waals surface area contributed by atoms with Crippen molar-refractivity contribution in [3.05, 3.63) is 71.9 Å². The molecule has 2 aromatic carbocycles. The van der Waals surface area contributed by atoms with E-state index in [0.717, 1.165) is 12.1 Å². The molecular formula is C20H16F5N3O2S. The molecule has 0 spiro atoms. The number of hydrogen-bond acceptors (Lipinski definition) is 3. The topological polar surface area (TPSA) is 62.4 Å². The number of amides is 1. The second-order valence-corrected chi connectivity index (χ2v) is 6.94. The first kappa shape index (κ1) is 22.5. The summed E-state index contributed by atoms with van der Waals surface area (Å²) in [5, 5.41) is 7.78. The Bertz CT molecular complexity index is 1010. The number of alkyl halides is 5. The molecule has 2 atom stereocenters. The highest BCUT2D eigenvalue weighted by molar-refractivity contribution is 7.80. The fourth-order valence-electron chi connectivity index (χ4n) is 3.24. The van der Waals surface area contributed by atoms with Crippen LogP contribution in [0, 0.1) is 5.92 Å². The van der Waals surface area contributed by atoms with Gasteiger partial charge in [0.05, 0.1) is 17.3 Å². The van der Waals surface area contributed by atoms with Crippen LogP contribution in [0.5, 0.6) is 5.75 Å². The minimum absolute atomic E-state index is 0.0709. The molecule has 0 bridgehead atoms. The largest absolute Gasteiger partial charge is 0.434 e. The number of halogens is 5. The Kier molecular flexibility index (Phi) is 6.44. The van der Waals surface area contributed by atoms with Crippen LogP contribution in [0.4, 0.5) is 27.6 Å². The van der Waals surface area contributed by atoms with Gasteiger partial charge in [-0.2, -0.15) is 22.0 Å². The summed E-state index contributed by atoms with van der Waals surface area (Å²) in [6.07, 6.45) is -4.69. The lowest BCUT2D eigenvalue weighted by Crippen LogP contribution is -2.51. The highest BCUT2D eigenvalue weighted by Gasteiger charge is 2.40. The van der Waals surface area contributed by atoms with Gasteiger partial charge in [-0.1, -0.05) is 36.9 Å². The summed E-state index contributed by atoms with van der Waals surface area (Å²) in [5.74, 6) is -2.25. The summed E-state index contributed by atoms with van der Waals surface area (Å²) in [6.45, 7) is 0.614. The number of carbonyl (C=O) groups is 1. The van der Waals surface area contributed by atoms with Crippen LogP contribution in [0.15, 0.2) is 60.8 Å².